The molecule has 2 aromatic rings. The Morgan fingerprint density at radius 1 is 1.06 bits per heavy atom. The molecular formula is C26H33FN2O2. The summed E-state index contributed by atoms with van der Waals surface area (Å²) in [7, 11) is 0. The van der Waals surface area contributed by atoms with Gasteiger partial charge in [-0.05, 0) is 87.0 Å². The minimum Gasteiger partial charge on any atom is -0.376 e. The summed E-state index contributed by atoms with van der Waals surface area (Å²) >= 11 is 0. The SMILES string of the molecule is Cc1ccccc1CN1CCC(CN(C[C@@H]2CCCO2)C(=O)c2ccc(F)cc2)CC1. The molecule has 2 saturated heterocycles. The molecule has 1 atom stereocenters. The number of halogens is 1. The van der Waals surface area contributed by atoms with Crippen LogP contribution in [0.4, 0.5) is 4.39 Å². The van der Waals surface area contributed by atoms with E-state index in [4.69, 9.17) is 4.74 Å². The molecule has 0 spiro atoms. The average Bonchev–Trinajstić information content (AvgIpc) is 3.29. The first kappa shape index (κ1) is 22.0. The number of rotatable bonds is 7. The van der Waals surface area contributed by atoms with Crippen molar-refractivity contribution in [3.05, 3.63) is 71.0 Å². The number of ether oxygens (including phenoxy) is 1. The summed E-state index contributed by atoms with van der Waals surface area (Å²) in [6.45, 7) is 7.42. The number of likely N-dealkylation sites (tertiary alicyclic amines) is 1. The molecule has 4 rings (SSSR count). The van der Waals surface area contributed by atoms with Crippen molar-refractivity contribution >= 4 is 5.91 Å². The Hall–Kier alpha value is -2.24. The molecule has 0 aliphatic carbocycles. The lowest BCUT2D eigenvalue weighted by molar-refractivity contribution is 0.0444. The monoisotopic (exact) mass is 424 g/mol. The van der Waals surface area contributed by atoms with E-state index in [9.17, 15) is 9.18 Å². The summed E-state index contributed by atoms with van der Waals surface area (Å²) in [6.07, 6.45) is 4.35. The molecule has 166 valence electrons. The third-order valence-corrected chi connectivity index (χ3v) is 6.67. The van der Waals surface area contributed by atoms with Gasteiger partial charge in [-0.25, -0.2) is 4.39 Å². The van der Waals surface area contributed by atoms with E-state index < -0.39 is 0 Å². The number of hydrogen-bond donors (Lipinski definition) is 0. The lowest BCUT2D eigenvalue weighted by atomic mass is 9.95. The third-order valence-electron chi connectivity index (χ3n) is 6.67. The van der Waals surface area contributed by atoms with Crippen LogP contribution in [0.15, 0.2) is 48.5 Å². The normalized spacial score (nSPS) is 20.1. The van der Waals surface area contributed by atoms with Crippen LogP contribution in [0, 0.1) is 18.7 Å². The molecule has 4 nitrogen and oxygen atoms in total. The molecule has 31 heavy (non-hydrogen) atoms. The van der Waals surface area contributed by atoms with Gasteiger partial charge in [-0.3, -0.25) is 9.69 Å². The summed E-state index contributed by atoms with van der Waals surface area (Å²) in [5.74, 6) is 0.153. The van der Waals surface area contributed by atoms with Crippen LogP contribution in [-0.2, 0) is 11.3 Å². The van der Waals surface area contributed by atoms with Crippen molar-refractivity contribution in [1.29, 1.82) is 0 Å². The highest BCUT2D eigenvalue weighted by molar-refractivity contribution is 5.94. The van der Waals surface area contributed by atoms with Gasteiger partial charge >= 0.3 is 0 Å². The lowest BCUT2D eigenvalue weighted by Crippen LogP contribution is -2.43. The van der Waals surface area contributed by atoms with Gasteiger partial charge in [0.05, 0.1) is 6.10 Å². The van der Waals surface area contributed by atoms with Crippen molar-refractivity contribution in [2.75, 3.05) is 32.8 Å². The molecule has 2 fully saturated rings. The van der Waals surface area contributed by atoms with Crippen molar-refractivity contribution < 1.29 is 13.9 Å². The summed E-state index contributed by atoms with van der Waals surface area (Å²) in [4.78, 5) is 17.7. The molecule has 2 aliphatic rings. The zero-order chi connectivity index (χ0) is 21.6. The quantitative estimate of drug-likeness (QED) is 0.648. The second-order valence-corrected chi connectivity index (χ2v) is 9.00. The van der Waals surface area contributed by atoms with Crippen LogP contribution in [0.3, 0.4) is 0 Å². The Balaban J connectivity index is 1.36. The summed E-state index contributed by atoms with van der Waals surface area (Å²) < 4.78 is 19.1. The highest BCUT2D eigenvalue weighted by atomic mass is 19.1. The molecule has 2 heterocycles. The molecule has 0 bridgehead atoms. The second-order valence-electron chi connectivity index (χ2n) is 9.00. The molecule has 2 aliphatic heterocycles. The zero-order valence-corrected chi connectivity index (χ0v) is 18.4. The maximum Gasteiger partial charge on any atom is 0.253 e. The highest BCUT2D eigenvalue weighted by Crippen LogP contribution is 2.23. The number of aryl methyl sites for hydroxylation is 1. The number of piperidine rings is 1. The van der Waals surface area contributed by atoms with Gasteiger partial charge < -0.3 is 9.64 Å². The third kappa shape index (κ3) is 5.92. The van der Waals surface area contributed by atoms with Gasteiger partial charge in [-0.15, -0.1) is 0 Å². The van der Waals surface area contributed by atoms with E-state index in [1.165, 1.54) is 23.3 Å². The fourth-order valence-electron chi connectivity index (χ4n) is 4.72. The van der Waals surface area contributed by atoms with Gasteiger partial charge in [0.15, 0.2) is 0 Å². The van der Waals surface area contributed by atoms with Crippen molar-refractivity contribution in [1.82, 2.24) is 9.80 Å². The summed E-state index contributed by atoms with van der Waals surface area (Å²) in [6, 6.07) is 14.5. The van der Waals surface area contributed by atoms with Crippen LogP contribution in [0.2, 0.25) is 0 Å². The minimum absolute atomic E-state index is 0.0159. The van der Waals surface area contributed by atoms with Gasteiger partial charge in [-0.2, -0.15) is 0 Å². The first-order valence-electron chi connectivity index (χ1n) is 11.5. The minimum atomic E-state index is -0.316. The van der Waals surface area contributed by atoms with E-state index in [1.54, 1.807) is 12.1 Å². The van der Waals surface area contributed by atoms with Crippen LogP contribution < -0.4 is 0 Å². The molecule has 0 unspecified atom stereocenters. The number of carbonyl (C=O) groups excluding carboxylic acids is 1. The smallest absolute Gasteiger partial charge is 0.253 e. The van der Waals surface area contributed by atoms with Crippen LogP contribution in [0.25, 0.3) is 0 Å². The average molecular weight is 425 g/mol. The largest absolute Gasteiger partial charge is 0.376 e. The first-order valence-corrected chi connectivity index (χ1v) is 11.5. The number of amides is 1. The van der Waals surface area contributed by atoms with Gasteiger partial charge in [0, 0.05) is 31.8 Å². The summed E-state index contributed by atoms with van der Waals surface area (Å²) in [5, 5.41) is 0. The molecule has 1 amide bonds. The Labute approximate surface area is 185 Å². The van der Waals surface area contributed by atoms with Crippen LogP contribution in [-0.4, -0.2) is 54.6 Å². The number of carbonyl (C=O) groups is 1. The molecule has 2 aromatic carbocycles. The van der Waals surface area contributed by atoms with Gasteiger partial charge in [0.1, 0.15) is 5.82 Å². The van der Waals surface area contributed by atoms with Crippen molar-refractivity contribution in [2.24, 2.45) is 5.92 Å². The second kappa shape index (κ2) is 10.4. The topological polar surface area (TPSA) is 32.8 Å². The maximum atomic E-state index is 13.3. The molecule has 0 saturated carbocycles. The predicted octanol–water partition coefficient (Wildman–Crippen LogP) is 4.67. The molecule has 0 N–H and O–H groups in total. The zero-order valence-electron chi connectivity index (χ0n) is 18.4. The van der Waals surface area contributed by atoms with Crippen LogP contribution >= 0.6 is 0 Å². The Kier molecular flexibility index (Phi) is 7.36. The molecule has 0 aromatic heterocycles. The van der Waals surface area contributed by atoms with Gasteiger partial charge in [0.25, 0.3) is 5.91 Å². The maximum absolute atomic E-state index is 13.3. The number of hydrogen-bond acceptors (Lipinski definition) is 3. The Bertz CT molecular complexity index is 856. The van der Waals surface area contributed by atoms with Crippen LogP contribution in [0.1, 0.15) is 47.2 Å². The van der Waals surface area contributed by atoms with E-state index in [0.29, 0.717) is 18.0 Å². The summed E-state index contributed by atoms with van der Waals surface area (Å²) in [5.41, 5.74) is 3.29. The van der Waals surface area contributed by atoms with Crippen molar-refractivity contribution in [2.45, 2.75) is 45.3 Å². The van der Waals surface area contributed by atoms with Crippen molar-refractivity contribution in [3.8, 4) is 0 Å². The van der Waals surface area contributed by atoms with Crippen molar-refractivity contribution in [3.63, 3.8) is 0 Å². The lowest BCUT2D eigenvalue weighted by Gasteiger charge is -2.36. The highest BCUT2D eigenvalue weighted by Gasteiger charge is 2.28. The fraction of sp³-hybridized carbons (Fsp3) is 0.500. The van der Waals surface area contributed by atoms with E-state index in [0.717, 1.165) is 58.5 Å². The fourth-order valence-corrected chi connectivity index (χ4v) is 4.72. The van der Waals surface area contributed by atoms with E-state index >= 15 is 0 Å². The first-order chi connectivity index (χ1) is 15.1. The molecule has 5 heteroatoms. The predicted molar refractivity (Wildman–Crippen MR) is 120 cm³/mol. The number of benzene rings is 2. The molecule has 0 radical (unpaired) electrons. The molecular weight excluding hydrogens is 391 g/mol. The van der Waals surface area contributed by atoms with E-state index in [1.807, 2.05) is 4.90 Å². The van der Waals surface area contributed by atoms with E-state index in [-0.39, 0.29) is 17.8 Å². The van der Waals surface area contributed by atoms with Crippen LogP contribution in [0.5, 0.6) is 0 Å². The van der Waals surface area contributed by atoms with Gasteiger partial charge in [-0.1, -0.05) is 24.3 Å². The standard InChI is InChI=1S/C26H33FN2O2/c1-20-5-2-3-6-23(20)18-28-14-12-21(13-15-28)17-29(19-25-7-4-16-31-25)26(30)22-8-10-24(27)11-9-22/h2-3,5-6,8-11,21,25H,4,7,12-19H2,1H3/t25-/m0/s1. The Morgan fingerprint density at radius 3 is 2.48 bits per heavy atom. The van der Waals surface area contributed by atoms with E-state index in [2.05, 4.69) is 36.1 Å². The Morgan fingerprint density at radius 2 is 1.81 bits per heavy atom. The van der Waals surface area contributed by atoms with Gasteiger partial charge in [0.2, 0.25) is 0 Å². The number of nitrogens with zero attached hydrogens (tertiary/aromatic N) is 2.